The highest BCUT2D eigenvalue weighted by atomic mass is 16.5. The van der Waals surface area contributed by atoms with Crippen LogP contribution in [0.1, 0.15) is 49.5 Å². The summed E-state index contributed by atoms with van der Waals surface area (Å²) in [6.07, 6.45) is 1.82. The molecule has 21 heavy (non-hydrogen) atoms. The van der Waals surface area contributed by atoms with Crippen LogP contribution in [0.5, 0.6) is 5.75 Å². The molecule has 0 spiro atoms. The molecule has 2 rings (SSSR count). The number of carbonyl (C=O) groups is 2. The Labute approximate surface area is 124 Å². The monoisotopic (exact) mass is 290 g/mol. The van der Waals surface area contributed by atoms with Crippen molar-refractivity contribution in [2.24, 2.45) is 11.7 Å². The minimum atomic E-state index is -0.570. The first-order chi connectivity index (χ1) is 9.74. The molecule has 0 aromatic heterocycles. The maximum Gasteiger partial charge on any atom is 0.252 e. The predicted octanol–water partition coefficient (Wildman–Crippen LogP) is 2.44. The molecule has 0 bridgehead atoms. The van der Waals surface area contributed by atoms with E-state index in [9.17, 15) is 9.59 Å². The second-order valence-electron chi connectivity index (χ2n) is 6.48. The van der Waals surface area contributed by atoms with Crippen LogP contribution >= 0.6 is 0 Å². The van der Waals surface area contributed by atoms with Crippen molar-refractivity contribution >= 4 is 17.5 Å². The molecule has 0 radical (unpaired) electrons. The van der Waals surface area contributed by atoms with Crippen molar-refractivity contribution in [2.45, 2.75) is 39.0 Å². The van der Waals surface area contributed by atoms with E-state index in [-0.39, 0.29) is 22.8 Å². The fraction of sp³-hybridized carbons (Fsp3) is 0.500. The van der Waals surface area contributed by atoms with Crippen LogP contribution < -0.4 is 15.8 Å². The highest BCUT2D eigenvalue weighted by Gasteiger charge is 2.31. The van der Waals surface area contributed by atoms with E-state index in [1.807, 2.05) is 26.8 Å². The number of hydrogen-bond donors (Lipinski definition) is 2. The van der Waals surface area contributed by atoms with Gasteiger partial charge in [-0.15, -0.1) is 0 Å². The van der Waals surface area contributed by atoms with Crippen LogP contribution in [0.25, 0.3) is 0 Å². The second-order valence-corrected chi connectivity index (χ2v) is 6.48. The topological polar surface area (TPSA) is 81.4 Å². The van der Waals surface area contributed by atoms with Crippen molar-refractivity contribution in [2.75, 3.05) is 12.4 Å². The van der Waals surface area contributed by atoms with Crippen LogP contribution in [-0.2, 0) is 10.2 Å². The van der Waals surface area contributed by atoms with Gasteiger partial charge in [0.05, 0.1) is 18.4 Å². The van der Waals surface area contributed by atoms with Crippen LogP contribution in [0, 0.1) is 5.92 Å². The lowest BCUT2D eigenvalue weighted by atomic mass is 9.85. The van der Waals surface area contributed by atoms with Crippen LogP contribution in [0.4, 0.5) is 5.69 Å². The van der Waals surface area contributed by atoms with Crippen molar-refractivity contribution in [3.05, 3.63) is 23.3 Å². The molecule has 3 N–H and O–H groups in total. The fourth-order valence-electron chi connectivity index (χ4n) is 2.14. The molecular weight excluding hydrogens is 268 g/mol. The first-order valence-corrected chi connectivity index (χ1v) is 7.07. The van der Waals surface area contributed by atoms with Gasteiger partial charge in [-0.05, 0) is 36.0 Å². The Kier molecular flexibility index (Phi) is 3.94. The van der Waals surface area contributed by atoms with Crippen molar-refractivity contribution in [1.82, 2.24) is 0 Å². The van der Waals surface area contributed by atoms with Crippen LogP contribution in [0.3, 0.4) is 0 Å². The van der Waals surface area contributed by atoms with Gasteiger partial charge in [0.15, 0.2) is 5.75 Å². The third-order valence-corrected chi connectivity index (χ3v) is 3.63. The number of benzene rings is 1. The summed E-state index contributed by atoms with van der Waals surface area (Å²) >= 11 is 0. The van der Waals surface area contributed by atoms with Gasteiger partial charge < -0.3 is 15.8 Å². The van der Waals surface area contributed by atoms with E-state index in [0.29, 0.717) is 11.4 Å². The molecule has 5 nitrogen and oxygen atoms in total. The van der Waals surface area contributed by atoms with Crippen molar-refractivity contribution in [3.8, 4) is 5.75 Å². The number of anilines is 1. The molecule has 1 aliphatic rings. The molecule has 1 aromatic rings. The van der Waals surface area contributed by atoms with Gasteiger partial charge in [-0.25, -0.2) is 0 Å². The van der Waals surface area contributed by atoms with E-state index in [2.05, 4.69) is 5.32 Å². The van der Waals surface area contributed by atoms with Crippen LogP contribution in [-0.4, -0.2) is 18.9 Å². The van der Waals surface area contributed by atoms with Crippen LogP contribution in [0.2, 0.25) is 0 Å². The van der Waals surface area contributed by atoms with Crippen LogP contribution in [0.15, 0.2) is 12.1 Å². The van der Waals surface area contributed by atoms with Gasteiger partial charge in [0, 0.05) is 5.92 Å². The van der Waals surface area contributed by atoms with E-state index in [1.54, 1.807) is 6.07 Å². The zero-order valence-electron chi connectivity index (χ0n) is 12.9. The minimum absolute atomic E-state index is 0.0326. The number of ether oxygens (including phenoxy) is 1. The van der Waals surface area contributed by atoms with E-state index in [1.165, 1.54) is 7.11 Å². The van der Waals surface area contributed by atoms with E-state index in [0.717, 1.165) is 18.4 Å². The molecule has 1 saturated carbocycles. The molecule has 0 aliphatic heterocycles. The maximum absolute atomic E-state index is 12.0. The number of nitrogens with two attached hydrogens (primary N) is 1. The number of primary amides is 1. The summed E-state index contributed by atoms with van der Waals surface area (Å²) in [5.41, 5.74) is 6.99. The van der Waals surface area contributed by atoms with Gasteiger partial charge in [0.1, 0.15) is 0 Å². The molecular formula is C16H22N2O3. The molecule has 1 aromatic carbocycles. The summed E-state index contributed by atoms with van der Waals surface area (Å²) in [5, 5.41) is 2.86. The Bertz CT molecular complexity index is 584. The molecule has 2 amide bonds. The quantitative estimate of drug-likeness (QED) is 0.893. The van der Waals surface area contributed by atoms with Gasteiger partial charge in [-0.2, -0.15) is 0 Å². The summed E-state index contributed by atoms with van der Waals surface area (Å²) in [6.45, 7) is 6.10. The zero-order chi connectivity index (χ0) is 15.8. The summed E-state index contributed by atoms with van der Waals surface area (Å²) in [7, 11) is 1.46. The molecule has 1 fully saturated rings. The lowest BCUT2D eigenvalue weighted by molar-refractivity contribution is -0.117. The minimum Gasteiger partial charge on any atom is -0.494 e. The molecule has 0 unspecified atom stereocenters. The molecule has 5 heteroatoms. The Balaban J connectivity index is 2.50. The molecule has 0 saturated heterocycles. The zero-order valence-corrected chi connectivity index (χ0v) is 12.9. The lowest BCUT2D eigenvalue weighted by Crippen LogP contribution is -2.20. The number of carbonyl (C=O) groups excluding carboxylic acids is 2. The van der Waals surface area contributed by atoms with Gasteiger partial charge in [0.2, 0.25) is 5.91 Å². The predicted molar refractivity (Wildman–Crippen MR) is 81.6 cm³/mol. The van der Waals surface area contributed by atoms with Gasteiger partial charge >= 0.3 is 0 Å². The largest absolute Gasteiger partial charge is 0.494 e. The summed E-state index contributed by atoms with van der Waals surface area (Å²) in [5.74, 6) is -0.204. The highest BCUT2D eigenvalue weighted by molar-refractivity contribution is 6.01. The average Bonchev–Trinajstić information content (AvgIpc) is 3.20. The Morgan fingerprint density at radius 1 is 1.29 bits per heavy atom. The Morgan fingerprint density at radius 3 is 2.33 bits per heavy atom. The SMILES string of the molecule is COc1c(NC(=O)C2CC2)cc(C(C)(C)C)cc1C(N)=O. The third-order valence-electron chi connectivity index (χ3n) is 3.63. The molecule has 1 aliphatic carbocycles. The van der Waals surface area contributed by atoms with Crippen molar-refractivity contribution in [1.29, 1.82) is 0 Å². The maximum atomic E-state index is 12.0. The summed E-state index contributed by atoms with van der Waals surface area (Å²) in [6, 6.07) is 3.58. The first-order valence-electron chi connectivity index (χ1n) is 7.07. The summed E-state index contributed by atoms with van der Waals surface area (Å²) in [4.78, 5) is 23.7. The second kappa shape index (κ2) is 5.39. The van der Waals surface area contributed by atoms with Gasteiger partial charge in [-0.1, -0.05) is 20.8 Å². The molecule has 0 heterocycles. The van der Waals surface area contributed by atoms with Crippen molar-refractivity contribution < 1.29 is 14.3 Å². The standard InChI is InChI=1S/C16H22N2O3/c1-16(2,3)10-7-11(14(17)19)13(21-4)12(8-10)18-15(20)9-5-6-9/h7-9H,5-6H2,1-4H3,(H2,17,19)(H,18,20). The van der Waals surface area contributed by atoms with E-state index >= 15 is 0 Å². The van der Waals surface area contributed by atoms with Crippen molar-refractivity contribution in [3.63, 3.8) is 0 Å². The highest BCUT2D eigenvalue weighted by Crippen LogP contribution is 2.37. The first kappa shape index (κ1) is 15.4. The molecule has 0 atom stereocenters. The number of rotatable bonds is 4. The van der Waals surface area contributed by atoms with E-state index < -0.39 is 5.91 Å². The number of hydrogen-bond acceptors (Lipinski definition) is 3. The normalized spacial score (nSPS) is 14.7. The van der Waals surface area contributed by atoms with Gasteiger partial charge in [0.25, 0.3) is 5.91 Å². The third kappa shape index (κ3) is 3.35. The van der Waals surface area contributed by atoms with E-state index in [4.69, 9.17) is 10.5 Å². The van der Waals surface area contributed by atoms with Gasteiger partial charge in [-0.3, -0.25) is 9.59 Å². The summed E-state index contributed by atoms with van der Waals surface area (Å²) < 4.78 is 5.29. The number of methoxy groups -OCH3 is 1. The molecule has 114 valence electrons. The number of nitrogens with one attached hydrogen (secondary N) is 1. The lowest BCUT2D eigenvalue weighted by Gasteiger charge is -2.23. The number of amides is 2. The Morgan fingerprint density at radius 2 is 1.90 bits per heavy atom. The fourth-order valence-corrected chi connectivity index (χ4v) is 2.14. The smallest absolute Gasteiger partial charge is 0.252 e. The average molecular weight is 290 g/mol. The Hall–Kier alpha value is -2.04.